The lowest BCUT2D eigenvalue weighted by Gasteiger charge is -2.36. The Bertz CT molecular complexity index is 393. The molecule has 1 fully saturated rings. The van der Waals surface area contributed by atoms with Crippen molar-refractivity contribution in [2.45, 2.75) is 19.3 Å². The molecule has 1 unspecified atom stereocenters. The van der Waals surface area contributed by atoms with Gasteiger partial charge in [0.15, 0.2) is 0 Å². The molecule has 1 atom stereocenters. The zero-order valence-corrected chi connectivity index (χ0v) is 10.4. The van der Waals surface area contributed by atoms with E-state index < -0.39 is 5.97 Å². The van der Waals surface area contributed by atoms with Crippen molar-refractivity contribution in [3.63, 3.8) is 0 Å². The van der Waals surface area contributed by atoms with Gasteiger partial charge < -0.3 is 10.0 Å². The third-order valence-electron chi connectivity index (χ3n) is 3.48. The number of nitrogens with zero attached hydrogens (tertiary/aromatic N) is 1. The van der Waals surface area contributed by atoms with Crippen LogP contribution in [0.4, 0.5) is 0 Å². The van der Waals surface area contributed by atoms with Crippen LogP contribution in [0.3, 0.4) is 0 Å². The second-order valence-electron chi connectivity index (χ2n) is 5.10. The van der Waals surface area contributed by atoms with Crippen molar-refractivity contribution < 1.29 is 9.90 Å². The van der Waals surface area contributed by atoms with E-state index in [0.717, 1.165) is 18.7 Å². The van der Waals surface area contributed by atoms with E-state index in [9.17, 15) is 4.79 Å². The quantitative estimate of drug-likeness (QED) is 0.864. The summed E-state index contributed by atoms with van der Waals surface area (Å²) in [5, 5.41) is 8.86. The molecule has 0 amide bonds. The van der Waals surface area contributed by atoms with Crippen molar-refractivity contribution in [1.29, 1.82) is 0 Å². The molecule has 1 saturated heterocycles. The molecule has 0 saturated carbocycles. The minimum atomic E-state index is -0.727. The van der Waals surface area contributed by atoms with Crippen LogP contribution in [0.1, 0.15) is 24.0 Å². The molecule has 17 heavy (non-hydrogen) atoms. The maximum absolute atomic E-state index is 10.8. The van der Waals surface area contributed by atoms with Crippen LogP contribution in [0.5, 0.6) is 0 Å². The minimum absolute atomic E-state index is 0.310. The minimum Gasteiger partial charge on any atom is -0.481 e. The van der Waals surface area contributed by atoms with Gasteiger partial charge in [-0.3, -0.25) is 4.79 Å². The van der Waals surface area contributed by atoms with Gasteiger partial charge in [-0.15, -0.1) is 0 Å². The van der Waals surface area contributed by atoms with Gasteiger partial charge in [0.1, 0.15) is 0 Å². The first-order chi connectivity index (χ1) is 8.06. The highest BCUT2D eigenvalue weighted by Crippen LogP contribution is 2.25. The molecular formula is C14H19NO2. The SMILES string of the molecule is CC(Cc1ccc(C2CN(C)C2)cc1)C(=O)O. The highest BCUT2D eigenvalue weighted by atomic mass is 16.4. The zero-order valence-electron chi connectivity index (χ0n) is 10.4. The van der Waals surface area contributed by atoms with Crippen LogP contribution in [-0.2, 0) is 11.2 Å². The Morgan fingerprint density at radius 2 is 2.00 bits per heavy atom. The summed E-state index contributed by atoms with van der Waals surface area (Å²) < 4.78 is 0. The van der Waals surface area contributed by atoms with Crippen LogP contribution < -0.4 is 0 Å². The largest absolute Gasteiger partial charge is 0.481 e. The Hall–Kier alpha value is -1.35. The maximum atomic E-state index is 10.8. The first-order valence-electron chi connectivity index (χ1n) is 6.06. The molecule has 2 rings (SSSR count). The number of hydrogen-bond acceptors (Lipinski definition) is 2. The molecule has 1 aliphatic rings. The Kier molecular flexibility index (Phi) is 3.48. The van der Waals surface area contributed by atoms with E-state index >= 15 is 0 Å². The summed E-state index contributed by atoms with van der Waals surface area (Å²) in [5.41, 5.74) is 2.48. The van der Waals surface area contributed by atoms with Gasteiger partial charge in [-0.1, -0.05) is 31.2 Å². The first-order valence-corrected chi connectivity index (χ1v) is 6.06. The predicted molar refractivity (Wildman–Crippen MR) is 67.2 cm³/mol. The molecule has 3 nitrogen and oxygen atoms in total. The van der Waals surface area contributed by atoms with Gasteiger partial charge in [0.2, 0.25) is 0 Å². The van der Waals surface area contributed by atoms with E-state index in [1.807, 2.05) is 0 Å². The van der Waals surface area contributed by atoms with Crippen LogP contribution in [0, 0.1) is 5.92 Å². The number of likely N-dealkylation sites (N-methyl/N-ethyl adjacent to an activating group) is 1. The molecule has 1 N–H and O–H groups in total. The van der Waals surface area contributed by atoms with Crippen molar-refractivity contribution in [3.05, 3.63) is 35.4 Å². The van der Waals surface area contributed by atoms with Crippen molar-refractivity contribution >= 4 is 5.97 Å². The lowest BCUT2D eigenvalue weighted by Crippen LogP contribution is -2.41. The van der Waals surface area contributed by atoms with Crippen LogP contribution >= 0.6 is 0 Å². The van der Waals surface area contributed by atoms with E-state index in [-0.39, 0.29) is 5.92 Å². The monoisotopic (exact) mass is 233 g/mol. The van der Waals surface area contributed by atoms with Crippen molar-refractivity contribution in [2.24, 2.45) is 5.92 Å². The van der Waals surface area contributed by atoms with Crippen LogP contribution in [-0.4, -0.2) is 36.1 Å². The molecule has 0 bridgehead atoms. The second-order valence-corrected chi connectivity index (χ2v) is 5.10. The molecule has 1 aromatic carbocycles. The first kappa shape index (κ1) is 12.1. The van der Waals surface area contributed by atoms with Gasteiger partial charge in [0.25, 0.3) is 0 Å². The third kappa shape index (κ3) is 2.86. The number of carbonyl (C=O) groups is 1. The number of benzene rings is 1. The van der Waals surface area contributed by atoms with E-state index in [4.69, 9.17) is 5.11 Å². The van der Waals surface area contributed by atoms with Crippen molar-refractivity contribution in [2.75, 3.05) is 20.1 Å². The number of carboxylic acids is 1. The summed E-state index contributed by atoms with van der Waals surface area (Å²) in [4.78, 5) is 13.1. The average Bonchev–Trinajstić information content (AvgIpc) is 2.26. The van der Waals surface area contributed by atoms with Gasteiger partial charge in [-0.05, 0) is 24.6 Å². The number of likely N-dealkylation sites (tertiary alicyclic amines) is 1. The standard InChI is InChI=1S/C14H19NO2/c1-10(14(16)17)7-11-3-5-12(6-4-11)13-8-15(2)9-13/h3-6,10,13H,7-9H2,1-2H3,(H,16,17). The summed E-state index contributed by atoms with van der Waals surface area (Å²) in [5.74, 6) is -0.378. The molecule has 1 aromatic rings. The lowest BCUT2D eigenvalue weighted by molar-refractivity contribution is -0.141. The number of carboxylic acid groups (broad SMARTS) is 1. The third-order valence-corrected chi connectivity index (χ3v) is 3.48. The topological polar surface area (TPSA) is 40.5 Å². The molecule has 0 aromatic heterocycles. The van der Waals surface area contributed by atoms with Gasteiger partial charge >= 0.3 is 5.97 Å². The molecule has 1 heterocycles. The summed E-state index contributed by atoms with van der Waals surface area (Å²) >= 11 is 0. The molecular weight excluding hydrogens is 214 g/mol. The Morgan fingerprint density at radius 1 is 1.41 bits per heavy atom. The molecule has 92 valence electrons. The summed E-state index contributed by atoms with van der Waals surface area (Å²) in [7, 11) is 2.12. The molecule has 0 radical (unpaired) electrons. The van der Waals surface area contributed by atoms with Crippen molar-refractivity contribution in [3.8, 4) is 0 Å². The lowest BCUT2D eigenvalue weighted by atomic mass is 9.90. The Labute approximate surface area is 102 Å². The smallest absolute Gasteiger partial charge is 0.306 e. The van der Waals surface area contributed by atoms with Crippen molar-refractivity contribution in [1.82, 2.24) is 4.90 Å². The second kappa shape index (κ2) is 4.88. The average molecular weight is 233 g/mol. The Balaban J connectivity index is 1.96. The molecule has 1 aliphatic heterocycles. The number of aliphatic carboxylic acids is 1. The summed E-state index contributed by atoms with van der Waals surface area (Å²) in [6.07, 6.45) is 0.611. The zero-order chi connectivity index (χ0) is 12.4. The maximum Gasteiger partial charge on any atom is 0.306 e. The molecule has 0 spiro atoms. The molecule has 3 heteroatoms. The van der Waals surface area contributed by atoms with Gasteiger partial charge in [-0.25, -0.2) is 0 Å². The highest BCUT2D eigenvalue weighted by Gasteiger charge is 2.24. The summed E-state index contributed by atoms with van der Waals surface area (Å²) in [6.45, 7) is 4.01. The van der Waals surface area contributed by atoms with Gasteiger partial charge in [-0.2, -0.15) is 0 Å². The summed E-state index contributed by atoms with van der Waals surface area (Å²) in [6, 6.07) is 8.41. The van der Waals surface area contributed by atoms with Gasteiger partial charge in [0.05, 0.1) is 5.92 Å². The van der Waals surface area contributed by atoms with Crippen LogP contribution in [0.15, 0.2) is 24.3 Å². The Morgan fingerprint density at radius 3 is 2.47 bits per heavy atom. The fourth-order valence-electron chi connectivity index (χ4n) is 2.28. The normalized spacial score (nSPS) is 18.7. The molecule has 0 aliphatic carbocycles. The van der Waals surface area contributed by atoms with E-state index in [1.54, 1.807) is 6.92 Å². The van der Waals surface area contributed by atoms with E-state index in [0.29, 0.717) is 12.3 Å². The number of rotatable bonds is 4. The van der Waals surface area contributed by atoms with Crippen LogP contribution in [0.25, 0.3) is 0 Å². The fraction of sp³-hybridized carbons (Fsp3) is 0.500. The van der Waals surface area contributed by atoms with Gasteiger partial charge in [0, 0.05) is 19.0 Å². The number of hydrogen-bond donors (Lipinski definition) is 1. The van der Waals surface area contributed by atoms with E-state index in [1.165, 1.54) is 5.56 Å². The van der Waals surface area contributed by atoms with E-state index in [2.05, 4.69) is 36.2 Å². The predicted octanol–water partition coefficient (Wildman–Crippen LogP) is 1.98. The van der Waals surface area contributed by atoms with Crippen LogP contribution in [0.2, 0.25) is 0 Å². The fourth-order valence-corrected chi connectivity index (χ4v) is 2.28. The highest BCUT2D eigenvalue weighted by molar-refractivity contribution is 5.69.